The number of halogens is 1. The number of esters is 1. The standard InChI is InChI=1S/C21H18ClN3O3S2/c1-13-18(20(27)28-3)29-21(24(13)16-9-5-4-6-10-16)25(23-19(30-21)14(2)26)17-11-7-8-15(22)12-17/h4-12H,1-3H3/t21-/m1/s1. The van der Waals surface area contributed by atoms with Crippen LogP contribution in [0, 0.1) is 0 Å². The number of thioether (sulfide) groups is 2. The Bertz CT molecular complexity index is 1090. The smallest absolute Gasteiger partial charge is 0.346 e. The van der Waals surface area contributed by atoms with Crippen molar-refractivity contribution in [3.8, 4) is 0 Å². The number of carbonyl (C=O) groups is 2. The second-order valence-corrected chi connectivity index (χ2v) is 9.62. The summed E-state index contributed by atoms with van der Waals surface area (Å²) in [5.74, 6) is -0.583. The van der Waals surface area contributed by atoms with E-state index in [-0.39, 0.29) is 5.78 Å². The Morgan fingerprint density at radius 3 is 2.40 bits per heavy atom. The van der Waals surface area contributed by atoms with Crippen LogP contribution in [0.15, 0.2) is 70.3 Å². The Labute approximate surface area is 187 Å². The SMILES string of the molecule is COC(=O)C1=C(C)N(c2ccccc2)[C@]2(SC(C(C)=O)=NN2c2cccc(Cl)c2)S1. The molecule has 1 atom stereocenters. The van der Waals surface area contributed by atoms with Crippen molar-refractivity contribution in [3.63, 3.8) is 0 Å². The lowest BCUT2D eigenvalue weighted by Gasteiger charge is -2.41. The molecule has 2 heterocycles. The van der Waals surface area contributed by atoms with Crippen molar-refractivity contribution >= 4 is 63.3 Å². The topological polar surface area (TPSA) is 62.2 Å². The largest absolute Gasteiger partial charge is 0.465 e. The van der Waals surface area contributed by atoms with E-state index in [9.17, 15) is 9.59 Å². The van der Waals surface area contributed by atoms with E-state index in [2.05, 4.69) is 5.10 Å². The van der Waals surface area contributed by atoms with E-state index in [1.54, 1.807) is 17.1 Å². The summed E-state index contributed by atoms with van der Waals surface area (Å²) in [6, 6.07) is 16.9. The number of ketones is 1. The van der Waals surface area contributed by atoms with Gasteiger partial charge in [0.25, 0.3) is 0 Å². The normalized spacial score (nSPS) is 20.7. The predicted octanol–water partition coefficient (Wildman–Crippen LogP) is 5.06. The first kappa shape index (κ1) is 20.8. The van der Waals surface area contributed by atoms with Crippen LogP contribution in [0.4, 0.5) is 11.4 Å². The van der Waals surface area contributed by atoms with Gasteiger partial charge in [-0.05, 0) is 49.0 Å². The summed E-state index contributed by atoms with van der Waals surface area (Å²) in [7, 11) is 1.36. The first-order valence-corrected chi connectivity index (χ1v) is 11.1. The lowest BCUT2D eigenvalue weighted by atomic mass is 10.2. The van der Waals surface area contributed by atoms with Crippen LogP contribution in [0.1, 0.15) is 13.8 Å². The molecule has 6 nitrogen and oxygen atoms in total. The molecule has 0 N–H and O–H groups in total. The fraction of sp³-hybridized carbons (Fsp3) is 0.190. The molecule has 0 radical (unpaired) electrons. The van der Waals surface area contributed by atoms with Gasteiger partial charge in [-0.2, -0.15) is 5.10 Å². The molecule has 0 saturated heterocycles. The van der Waals surface area contributed by atoms with Crippen molar-refractivity contribution in [1.82, 2.24) is 0 Å². The van der Waals surface area contributed by atoms with Crippen LogP contribution < -0.4 is 9.91 Å². The number of rotatable bonds is 4. The molecule has 154 valence electrons. The lowest BCUT2D eigenvalue weighted by molar-refractivity contribution is -0.135. The number of anilines is 2. The summed E-state index contributed by atoms with van der Waals surface area (Å²) in [5.41, 5.74) is 2.29. The molecular formula is C21H18ClN3O3S2. The van der Waals surface area contributed by atoms with Gasteiger partial charge in [0, 0.05) is 23.3 Å². The number of hydrazone groups is 1. The van der Waals surface area contributed by atoms with Crippen LogP contribution in [0.2, 0.25) is 5.02 Å². The van der Waals surface area contributed by atoms with Gasteiger partial charge in [0.2, 0.25) is 4.33 Å². The van der Waals surface area contributed by atoms with Gasteiger partial charge in [0.15, 0.2) is 10.8 Å². The Kier molecular flexibility index (Phi) is 5.57. The minimum atomic E-state index is -0.958. The van der Waals surface area contributed by atoms with Crippen molar-refractivity contribution in [2.24, 2.45) is 5.10 Å². The number of nitrogens with zero attached hydrogens (tertiary/aromatic N) is 3. The van der Waals surface area contributed by atoms with Gasteiger partial charge >= 0.3 is 5.97 Å². The van der Waals surface area contributed by atoms with Gasteiger partial charge in [-0.25, -0.2) is 9.80 Å². The zero-order valence-electron chi connectivity index (χ0n) is 16.5. The summed E-state index contributed by atoms with van der Waals surface area (Å²) < 4.78 is 4.07. The Morgan fingerprint density at radius 2 is 1.77 bits per heavy atom. The molecule has 0 unspecified atom stereocenters. The molecular weight excluding hydrogens is 442 g/mol. The van der Waals surface area contributed by atoms with Gasteiger partial charge in [-0.1, -0.05) is 47.6 Å². The number of hydrogen-bond donors (Lipinski definition) is 0. The fourth-order valence-corrected chi connectivity index (χ4v) is 6.46. The number of benzene rings is 2. The third-order valence-corrected chi connectivity index (χ3v) is 7.82. The van der Waals surface area contributed by atoms with Crippen LogP contribution in [0.3, 0.4) is 0 Å². The summed E-state index contributed by atoms with van der Waals surface area (Å²) >= 11 is 8.85. The summed E-state index contributed by atoms with van der Waals surface area (Å²) in [5, 5.41) is 7.27. The van der Waals surface area contributed by atoms with Gasteiger partial charge in [0.1, 0.15) is 4.91 Å². The monoisotopic (exact) mass is 459 g/mol. The lowest BCUT2D eigenvalue weighted by Crippen LogP contribution is -2.49. The number of allylic oxidation sites excluding steroid dienone is 1. The molecule has 2 aliphatic heterocycles. The van der Waals surface area contributed by atoms with E-state index in [0.717, 1.165) is 11.4 Å². The summed E-state index contributed by atoms with van der Waals surface area (Å²) in [6.07, 6.45) is 0. The number of methoxy groups -OCH3 is 1. The molecule has 1 spiro atoms. The van der Waals surface area contributed by atoms with Crippen LogP contribution in [-0.4, -0.2) is 28.2 Å². The second-order valence-electron chi connectivity index (χ2n) is 6.58. The number of para-hydroxylation sites is 1. The van der Waals surface area contributed by atoms with Crippen molar-refractivity contribution in [1.29, 1.82) is 0 Å². The van der Waals surface area contributed by atoms with Crippen LogP contribution in [-0.2, 0) is 14.3 Å². The van der Waals surface area contributed by atoms with Crippen molar-refractivity contribution in [3.05, 3.63) is 70.2 Å². The molecule has 0 saturated carbocycles. The van der Waals surface area contributed by atoms with Crippen molar-refractivity contribution in [2.75, 3.05) is 17.0 Å². The van der Waals surface area contributed by atoms with Crippen molar-refractivity contribution < 1.29 is 14.3 Å². The quantitative estimate of drug-likeness (QED) is 0.592. The number of hydrogen-bond acceptors (Lipinski definition) is 8. The minimum Gasteiger partial charge on any atom is -0.465 e. The zero-order chi connectivity index (χ0) is 21.5. The molecule has 2 aromatic carbocycles. The summed E-state index contributed by atoms with van der Waals surface area (Å²) in [6.45, 7) is 3.35. The second kappa shape index (κ2) is 8.02. The van der Waals surface area contributed by atoms with E-state index in [1.807, 2.05) is 54.3 Å². The van der Waals surface area contributed by atoms with Crippen molar-refractivity contribution in [2.45, 2.75) is 18.2 Å². The van der Waals surface area contributed by atoms with Crippen LogP contribution in [0.25, 0.3) is 0 Å². The van der Waals surface area contributed by atoms with Gasteiger partial charge < -0.3 is 9.64 Å². The summed E-state index contributed by atoms with van der Waals surface area (Å²) in [4.78, 5) is 27.3. The maximum Gasteiger partial charge on any atom is 0.346 e. The first-order valence-electron chi connectivity index (χ1n) is 9.05. The van der Waals surface area contributed by atoms with Gasteiger partial charge in [-0.15, -0.1) is 0 Å². The van der Waals surface area contributed by atoms with E-state index >= 15 is 0 Å². The third kappa shape index (κ3) is 3.38. The Morgan fingerprint density at radius 1 is 1.07 bits per heavy atom. The average molecular weight is 460 g/mol. The molecule has 2 aliphatic rings. The molecule has 2 aromatic rings. The van der Waals surface area contributed by atoms with E-state index < -0.39 is 10.3 Å². The molecule has 9 heteroatoms. The van der Waals surface area contributed by atoms with E-state index in [0.29, 0.717) is 20.7 Å². The molecule has 30 heavy (non-hydrogen) atoms. The molecule has 0 aliphatic carbocycles. The van der Waals surface area contributed by atoms with E-state index in [1.165, 1.54) is 37.6 Å². The highest BCUT2D eigenvalue weighted by molar-refractivity contribution is 8.29. The number of Topliss-reactive ketones (excluding diaryl/α,β-unsaturated/α-hetero) is 1. The maximum absolute atomic E-state index is 12.6. The van der Waals surface area contributed by atoms with E-state index in [4.69, 9.17) is 16.3 Å². The van der Waals surface area contributed by atoms with Crippen LogP contribution >= 0.6 is 35.1 Å². The van der Waals surface area contributed by atoms with Gasteiger partial charge in [-0.3, -0.25) is 4.79 Å². The highest BCUT2D eigenvalue weighted by atomic mass is 35.5. The average Bonchev–Trinajstić information content (AvgIpc) is 3.26. The zero-order valence-corrected chi connectivity index (χ0v) is 18.8. The number of carbonyl (C=O) groups excluding carboxylic acids is 2. The van der Waals surface area contributed by atoms with Crippen LogP contribution in [0.5, 0.6) is 0 Å². The van der Waals surface area contributed by atoms with Gasteiger partial charge in [0.05, 0.1) is 12.8 Å². The predicted molar refractivity (Wildman–Crippen MR) is 124 cm³/mol. The fourth-order valence-electron chi connectivity index (χ4n) is 3.30. The highest BCUT2D eigenvalue weighted by Crippen LogP contribution is 2.60. The molecule has 0 aromatic heterocycles. The first-order chi connectivity index (χ1) is 14.4. The molecule has 4 rings (SSSR count). The Balaban J connectivity index is 1.92. The maximum atomic E-state index is 12.6. The number of ether oxygens (including phenoxy) is 1. The highest BCUT2D eigenvalue weighted by Gasteiger charge is 2.57. The molecule has 0 fully saturated rings. The Hall–Kier alpha value is -2.42. The molecule has 0 bridgehead atoms. The molecule has 0 amide bonds. The minimum absolute atomic E-state index is 0.151. The third-order valence-electron chi connectivity index (χ3n) is 4.61.